The summed E-state index contributed by atoms with van der Waals surface area (Å²) in [6.07, 6.45) is 2.59. The summed E-state index contributed by atoms with van der Waals surface area (Å²) in [5.41, 5.74) is 6.97. The number of nitrogens with one attached hydrogen (secondary N) is 1. The molecule has 2 aromatic heterocycles. The highest BCUT2D eigenvalue weighted by Crippen LogP contribution is 2.33. The van der Waals surface area contributed by atoms with E-state index in [2.05, 4.69) is 43.0 Å². The van der Waals surface area contributed by atoms with E-state index >= 15 is 0 Å². The standard InChI is InChI=1S/C14H22N4S/c1-8(2)11(5-6-15)18-13-12-9(3)10(4)19-14(12)17-7-16-13/h7-8,11H,5-6,15H2,1-4H3,(H,16,17,18). The summed E-state index contributed by atoms with van der Waals surface area (Å²) in [4.78, 5) is 11.2. The molecule has 0 saturated carbocycles. The van der Waals surface area contributed by atoms with Crippen molar-refractivity contribution in [1.82, 2.24) is 9.97 Å². The van der Waals surface area contributed by atoms with Crippen molar-refractivity contribution in [3.63, 3.8) is 0 Å². The molecule has 1 atom stereocenters. The fourth-order valence-corrected chi connectivity index (χ4v) is 3.22. The Hall–Kier alpha value is -1.20. The number of hydrogen-bond donors (Lipinski definition) is 2. The van der Waals surface area contributed by atoms with Gasteiger partial charge in [-0.05, 0) is 38.3 Å². The van der Waals surface area contributed by atoms with E-state index < -0.39 is 0 Å². The summed E-state index contributed by atoms with van der Waals surface area (Å²) in [5, 5.41) is 4.71. The molecule has 5 heteroatoms. The van der Waals surface area contributed by atoms with Crippen molar-refractivity contribution in [2.45, 2.75) is 40.2 Å². The number of hydrogen-bond acceptors (Lipinski definition) is 5. The molecule has 2 heterocycles. The van der Waals surface area contributed by atoms with Gasteiger partial charge in [0, 0.05) is 10.9 Å². The SMILES string of the molecule is Cc1sc2ncnc(NC(CCN)C(C)C)c2c1C. The molecule has 2 aromatic rings. The van der Waals surface area contributed by atoms with Crippen molar-refractivity contribution >= 4 is 27.4 Å². The molecule has 0 aromatic carbocycles. The van der Waals surface area contributed by atoms with Crippen molar-refractivity contribution in [1.29, 1.82) is 0 Å². The second-order valence-corrected chi connectivity index (χ2v) is 6.46. The van der Waals surface area contributed by atoms with E-state index in [1.807, 2.05) is 0 Å². The molecule has 0 aliphatic carbocycles. The third-order valence-corrected chi connectivity index (χ3v) is 4.69. The molecule has 0 spiro atoms. The fourth-order valence-electron chi connectivity index (χ4n) is 2.22. The van der Waals surface area contributed by atoms with Gasteiger partial charge in [-0.1, -0.05) is 13.8 Å². The highest BCUT2D eigenvalue weighted by Gasteiger charge is 2.17. The maximum atomic E-state index is 5.70. The van der Waals surface area contributed by atoms with Gasteiger partial charge in [0.25, 0.3) is 0 Å². The summed E-state index contributed by atoms with van der Waals surface area (Å²) in [6.45, 7) is 9.36. The van der Waals surface area contributed by atoms with E-state index in [1.54, 1.807) is 17.7 Å². The quantitative estimate of drug-likeness (QED) is 0.882. The lowest BCUT2D eigenvalue weighted by atomic mass is 10.0. The predicted octanol–water partition coefficient (Wildman–Crippen LogP) is 3.09. The van der Waals surface area contributed by atoms with Crippen molar-refractivity contribution in [3.8, 4) is 0 Å². The van der Waals surface area contributed by atoms with Crippen LogP contribution in [0.1, 0.15) is 30.7 Å². The molecule has 0 aliphatic rings. The van der Waals surface area contributed by atoms with E-state index in [9.17, 15) is 0 Å². The Morgan fingerprint density at radius 3 is 2.68 bits per heavy atom. The monoisotopic (exact) mass is 278 g/mol. The number of aromatic nitrogens is 2. The Morgan fingerprint density at radius 1 is 1.32 bits per heavy atom. The second kappa shape index (κ2) is 5.84. The van der Waals surface area contributed by atoms with Gasteiger partial charge in [0.05, 0.1) is 5.39 Å². The second-order valence-electron chi connectivity index (χ2n) is 5.26. The summed E-state index contributed by atoms with van der Waals surface area (Å²) < 4.78 is 0. The summed E-state index contributed by atoms with van der Waals surface area (Å²) in [6, 6.07) is 0.350. The molecule has 0 radical (unpaired) electrons. The lowest BCUT2D eigenvalue weighted by molar-refractivity contribution is 0.498. The lowest BCUT2D eigenvalue weighted by Gasteiger charge is -2.22. The molecule has 19 heavy (non-hydrogen) atoms. The average Bonchev–Trinajstić information content (AvgIpc) is 2.65. The minimum absolute atomic E-state index is 0.350. The zero-order valence-electron chi connectivity index (χ0n) is 12.0. The molecule has 0 fully saturated rings. The first kappa shape index (κ1) is 14.2. The minimum atomic E-state index is 0.350. The van der Waals surface area contributed by atoms with Crippen LogP contribution in [-0.4, -0.2) is 22.6 Å². The summed E-state index contributed by atoms with van der Waals surface area (Å²) >= 11 is 1.73. The van der Waals surface area contributed by atoms with Gasteiger partial charge < -0.3 is 11.1 Å². The Balaban J connectivity index is 2.39. The molecular weight excluding hydrogens is 256 g/mol. The molecule has 0 saturated heterocycles. The molecule has 1 unspecified atom stereocenters. The highest BCUT2D eigenvalue weighted by atomic mass is 32.1. The first-order chi connectivity index (χ1) is 9.04. The largest absolute Gasteiger partial charge is 0.366 e. The van der Waals surface area contributed by atoms with Crippen molar-refractivity contribution < 1.29 is 0 Å². The molecule has 104 valence electrons. The maximum Gasteiger partial charge on any atom is 0.138 e. The van der Waals surface area contributed by atoms with E-state index in [0.29, 0.717) is 18.5 Å². The number of aryl methyl sites for hydroxylation is 2. The summed E-state index contributed by atoms with van der Waals surface area (Å²) in [5.74, 6) is 1.47. The van der Waals surface area contributed by atoms with Crippen molar-refractivity contribution in [2.24, 2.45) is 11.7 Å². The molecule has 0 amide bonds. The normalized spacial score (nSPS) is 13.2. The van der Waals surface area contributed by atoms with E-state index in [1.165, 1.54) is 10.4 Å². The van der Waals surface area contributed by atoms with Gasteiger partial charge in [-0.3, -0.25) is 0 Å². The maximum absolute atomic E-state index is 5.70. The van der Waals surface area contributed by atoms with Gasteiger partial charge >= 0.3 is 0 Å². The van der Waals surface area contributed by atoms with Crippen LogP contribution in [0.25, 0.3) is 10.2 Å². The number of thiophene rings is 1. The zero-order valence-corrected chi connectivity index (χ0v) is 12.8. The minimum Gasteiger partial charge on any atom is -0.366 e. The van der Waals surface area contributed by atoms with Crippen LogP contribution < -0.4 is 11.1 Å². The van der Waals surface area contributed by atoms with Crippen LogP contribution in [0.2, 0.25) is 0 Å². The van der Waals surface area contributed by atoms with Gasteiger partial charge in [-0.25, -0.2) is 9.97 Å². The fraction of sp³-hybridized carbons (Fsp3) is 0.571. The third-order valence-electron chi connectivity index (χ3n) is 3.57. The predicted molar refractivity (Wildman–Crippen MR) is 82.8 cm³/mol. The van der Waals surface area contributed by atoms with Crippen molar-refractivity contribution in [3.05, 3.63) is 16.8 Å². The number of rotatable bonds is 5. The highest BCUT2D eigenvalue weighted by molar-refractivity contribution is 7.18. The van der Waals surface area contributed by atoms with E-state index in [0.717, 1.165) is 22.5 Å². The number of nitrogens with two attached hydrogens (primary N) is 1. The van der Waals surface area contributed by atoms with Gasteiger partial charge in [0.2, 0.25) is 0 Å². The summed E-state index contributed by atoms with van der Waals surface area (Å²) in [7, 11) is 0. The molecule has 3 N–H and O–H groups in total. The van der Waals surface area contributed by atoms with Crippen LogP contribution in [0.5, 0.6) is 0 Å². The van der Waals surface area contributed by atoms with Gasteiger partial charge in [0.15, 0.2) is 0 Å². The van der Waals surface area contributed by atoms with Crippen LogP contribution in [0.4, 0.5) is 5.82 Å². The topological polar surface area (TPSA) is 63.8 Å². The smallest absolute Gasteiger partial charge is 0.138 e. The Bertz CT molecular complexity index is 562. The van der Waals surface area contributed by atoms with Crippen LogP contribution in [0.3, 0.4) is 0 Å². The Morgan fingerprint density at radius 2 is 2.05 bits per heavy atom. The first-order valence-corrected chi connectivity index (χ1v) is 7.53. The molecule has 0 aliphatic heterocycles. The van der Waals surface area contributed by atoms with Crippen LogP contribution in [0.15, 0.2) is 6.33 Å². The molecule has 4 nitrogen and oxygen atoms in total. The lowest BCUT2D eigenvalue weighted by Crippen LogP contribution is -2.29. The first-order valence-electron chi connectivity index (χ1n) is 6.72. The number of fused-ring (bicyclic) bond motifs is 1. The van der Waals surface area contributed by atoms with Crippen LogP contribution in [-0.2, 0) is 0 Å². The van der Waals surface area contributed by atoms with Gasteiger partial charge in [0.1, 0.15) is 17.0 Å². The van der Waals surface area contributed by atoms with Crippen LogP contribution in [0, 0.1) is 19.8 Å². The molecule has 0 bridgehead atoms. The van der Waals surface area contributed by atoms with E-state index in [4.69, 9.17) is 5.73 Å². The van der Waals surface area contributed by atoms with Gasteiger partial charge in [-0.15, -0.1) is 11.3 Å². The third kappa shape index (κ3) is 2.87. The number of nitrogens with zero attached hydrogens (tertiary/aromatic N) is 2. The zero-order chi connectivity index (χ0) is 14.0. The Kier molecular flexibility index (Phi) is 4.37. The molecular formula is C14H22N4S. The molecule has 2 rings (SSSR count). The van der Waals surface area contributed by atoms with Crippen LogP contribution >= 0.6 is 11.3 Å². The van der Waals surface area contributed by atoms with Crippen molar-refractivity contribution in [2.75, 3.05) is 11.9 Å². The van der Waals surface area contributed by atoms with Gasteiger partial charge in [-0.2, -0.15) is 0 Å². The number of anilines is 1. The Labute approximate surface area is 118 Å². The average molecular weight is 278 g/mol. The van der Waals surface area contributed by atoms with E-state index in [-0.39, 0.29) is 0 Å².